The number of hydrogen-bond donors (Lipinski definition) is 0. The van der Waals surface area contributed by atoms with Crippen molar-refractivity contribution < 1.29 is 4.79 Å². The largest absolute Gasteiger partial charge is 0.304 e. The molecule has 0 amide bonds. The third kappa shape index (κ3) is 5.40. The van der Waals surface area contributed by atoms with Gasteiger partial charge in [0.1, 0.15) is 0 Å². The van der Waals surface area contributed by atoms with Crippen molar-refractivity contribution in [1.82, 2.24) is 9.80 Å². The van der Waals surface area contributed by atoms with E-state index >= 15 is 0 Å². The lowest BCUT2D eigenvalue weighted by Crippen LogP contribution is -2.43. The van der Waals surface area contributed by atoms with Crippen LogP contribution in [0.4, 0.5) is 0 Å². The van der Waals surface area contributed by atoms with Crippen LogP contribution >= 0.6 is 48.0 Å². The van der Waals surface area contributed by atoms with Crippen LogP contribution in [0.1, 0.15) is 15.9 Å². The Bertz CT molecular complexity index is 448. The van der Waals surface area contributed by atoms with Gasteiger partial charge in [0.15, 0.2) is 0 Å². The molecule has 0 spiro atoms. The number of carbonyl (C=O) groups excluding carboxylic acids is 1. The van der Waals surface area contributed by atoms with E-state index < -0.39 is 5.24 Å². The quantitative estimate of drug-likeness (QED) is 0.773. The van der Waals surface area contributed by atoms with Gasteiger partial charge in [0.2, 0.25) is 0 Å². The standard InChI is InChI=1S/C13H16Cl2N2O.2ClH/c1-16-4-6-17(7-5-16)9-10-2-3-11(13(15)18)12(14)8-10;;/h2-3,8H,4-7,9H2,1H3;2*1H. The van der Waals surface area contributed by atoms with Crippen LogP contribution in [0.3, 0.4) is 0 Å². The summed E-state index contributed by atoms with van der Waals surface area (Å²) in [5.74, 6) is 0. The molecular formula is C13H18Cl4N2O. The average molecular weight is 360 g/mol. The number of carbonyl (C=O) groups is 1. The molecular weight excluding hydrogens is 342 g/mol. The highest BCUT2D eigenvalue weighted by atomic mass is 35.5. The van der Waals surface area contributed by atoms with Crippen LogP contribution < -0.4 is 0 Å². The zero-order valence-corrected chi connectivity index (χ0v) is 14.3. The lowest BCUT2D eigenvalue weighted by molar-refractivity contribution is 0.108. The molecule has 0 radical (unpaired) electrons. The van der Waals surface area contributed by atoms with Crippen LogP contribution in [0.5, 0.6) is 0 Å². The maximum absolute atomic E-state index is 11.1. The van der Waals surface area contributed by atoms with Crippen molar-refractivity contribution in [3.8, 4) is 0 Å². The Hall–Kier alpha value is -0.0300. The van der Waals surface area contributed by atoms with Crippen molar-refractivity contribution in [2.24, 2.45) is 0 Å². The maximum Gasteiger partial charge on any atom is 0.253 e. The van der Waals surface area contributed by atoms with Crippen LogP contribution in [-0.4, -0.2) is 48.3 Å². The van der Waals surface area contributed by atoms with Gasteiger partial charge in [-0.25, -0.2) is 0 Å². The van der Waals surface area contributed by atoms with E-state index in [-0.39, 0.29) is 24.8 Å². The molecule has 1 fully saturated rings. The second-order valence-electron chi connectivity index (χ2n) is 4.67. The molecule has 1 heterocycles. The highest BCUT2D eigenvalue weighted by Gasteiger charge is 2.15. The number of hydrogen-bond acceptors (Lipinski definition) is 3. The van der Waals surface area contributed by atoms with Gasteiger partial charge in [0.25, 0.3) is 5.24 Å². The summed E-state index contributed by atoms with van der Waals surface area (Å²) in [6.07, 6.45) is 0. The lowest BCUT2D eigenvalue weighted by atomic mass is 10.1. The minimum Gasteiger partial charge on any atom is -0.304 e. The Balaban J connectivity index is 0.00000180. The van der Waals surface area contributed by atoms with Crippen molar-refractivity contribution in [1.29, 1.82) is 0 Å². The Labute approximate surface area is 142 Å². The molecule has 0 saturated carbocycles. The van der Waals surface area contributed by atoms with E-state index in [1.54, 1.807) is 6.07 Å². The highest BCUT2D eigenvalue weighted by Crippen LogP contribution is 2.20. The van der Waals surface area contributed by atoms with Gasteiger partial charge in [0, 0.05) is 32.7 Å². The summed E-state index contributed by atoms with van der Waals surface area (Å²) < 4.78 is 0. The third-order valence-electron chi connectivity index (χ3n) is 3.25. The molecule has 0 bridgehead atoms. The highest BCUT2D eigenvalue weighted by molar-refractivity contribution is 6.68. The maximum atomic E-state index is 11.1. The van der Waals surface area contributed by atoms with E-state index in [0.29, 0.717) is 10.6 Å². The van der Waals surface area contributed by atoms with Crippen molar-refractivity contribution in [2.75, 3.05) is 33.2 Å². The smallest absolute Gasteiger partial charge is 0.253 e. The molecule has 0 unspecified atom stereocenters. The van der Waals surface area contributed by atoms with E-state index in [4.69, 9.17) is 23.2 Å². The summed E-state index contributed by atoms with van der Waals surface area (Å²) in [4.78, 5) is 15.8. The van der Waals surface area contributed by atoms with Gasteiger partial charge in [-0.1, -0.05) is 17.7 Å². The van der Waals surface area contributed by atoms with Gasteiger partial charge in [-0.05, 0) is 36.3 Å². The summed E-state index contributed by atoms with van der Waals surface area (Å²) in [6, 6.07) is 5.44. The molecule has 0 aromatic heterocycles. The summed E-state index contributed by atoms with van der Waals surface area (Å²) in [5, 5.41) is -0.0761. The Morgan fingerprint density at radius 3 is 2.30 bits per heavy atom. The van der Waals surface area contributed by atoms with Crippen molar-refractivity contribution >= 4 is 53.3 Å². The Morgan fingerprint density at radius 2 is 1.80 bits per heavy atom. The van der Waals surface area contributed by atoms with Crippen LogP contribution in [0.25, 0.3) is 0 Å². The predicted octanol–water partition coefficient (Wildman–Crippen LogP) is 3.31. The fraction of sp³-hybridized carbons (Fsp3) is 0.462. The Kier molecular flexibility index (Phi) is 9.07. The lowest BCUT2D eigenvalue weighted by Gasteiger charge is -2.32. The molecule has 7 heteroatoms. The molecule has 20 heavy (non-hydrogen) atoms. The molecule has 1 aliphatic rings. The molecule has 0 aliphatic carbocycles. The monoisotopic (exact) mass is 358 g/mol. The Morgan fingerprint density at radius 1 is 1.20 bits per heavy atom. The summed E-state index contributed by atoms with van der Waals surface area (Å²) in [7, 11) is 2.13. The molecule has 0 atom stereocenters. The normalized spacial score (nSPS) is 16.1. The van der Waals surface area contributed by atoms with Crippen LogP contribution in [0.2, 0.25) is 5.02 Å². The molecule has 0 N–H and O–H groups in total. The number of likely N-dealkylation sites (N-methyl/N-ethyl adjacent to an activating group) is 1. The number of rotatable bonds is 3. The molecule has 1 aromatic rings. The molecule has 3 nitrogen and oxygen atoms in total. The summed E-state index contributed by atoms with van der Waals surface area (Å²) in [5.41, 5.74) is 1.49. The number of nitrogens with zero attached hydrogens (tertiary/aromatic N) is 2. The second-order valence-corrected chi connectivity index (χ2v) is 5.42. The summed E-state index contributed by atoms with van der Waals surface area (Å²) >= 11 is 11.5. The molecule has 114 valence electrons. The van der Waals surface area contributed by atoms with E-state index in [1.165, 1.54) is 0 Å². The predicted molar refractivity (Wildman–Crippen MR) is 88.9 cm³/mol. The van der Waals surface area contributed by atoms with Crippen LogP contribution in [0, 0.1) is 0 Å². The van der Waals surface area contributed by atoms with Gasteiger partial charge in [-0.3, -0.25) is 9.69 Å². The first-order valence-electron chi connectivity index (χ1n) is 5.95. The van der Waals surface area contributed by atoms with E-state index in [9.17, 15) is 4.79 Å². The SMILES string of the molecule is CN1CCN(Cc2ccc(C(=O)Cl)c(Cl)c2)CC1.Cl.Cl. The third-order valence-corrected chi connectivity index (χ3v) is 3.76. The molecule has 1 saturated heterocycles. The molecule has 2 rings (SSSR count). The van der Waals surface area contributed by atoms with Gasteiger partial charge in [0.05, 0.1) is 10.6 Å². The minimum absolute atomic E-state index is 0. The number of benzene rings is 1. The van der Waals surface area contributed by atoms with Crippen LogP contribution in [-0.2, 0) is 6.54 Å². The second kappa shape index (κ2) is 9.08. The van der Waals surface area contributed by atoms with Crippen molar-refractivity contribution in [3.05, 3.63) is 34.3 Å². The van der Waals surface area contributed by atoms with Gasteiger partial charge in [-0.15, -0.1) is 24.8 Å². The van der Waals surface area contributed by atoms with Gasteiger partial charge >= 0.3 is 0 Å². The fourth-order valence-electron chi connectivity index (χ4n) is 2.08. The van der Waals surface area contributed by atoms with Gasteiger partial charge in [-0.2, -0.15) is 0 Å². The average Bonchev–Trinajstić information content (AvgIpc) is 2.32. The van der Waals surface area contributed by atoms with Crippen molar-refractivity contribution in [2.45, 2.75) is 6.54 Å². The first-order valence-corrected chi connectivity index (χ1v) is 6.71. The van der Waals surface area contributed by atoms with E-state index in [1.807, 2.05) is 12.1 Å². The van der Waals surface area contributed by atoms with E-state index in [2.05, 4.69) is 16.8 Å². The molecule has 1 aromatic carbocycles. The van der Waals surface area contributed by atoms with E-state index in [0.717, 1.165) is 38.3 Å². The molecule has 1 aliphatic heterocycles. The fourth-order valence-corrected chi connectivity index (χ4v) is 2.58. The number of piperazine rings is 1. The first-order chi connectivity index (χ1) is 8.56. The minimum atomic E-state index is -0.508. The first kappa shape index (κ1) is 20.0. The van der Waals surface area contributed by atoms with Gasteiger partial charge < -0.3 is 4.90 Å². The summed E-state index contributed by atoms with van der Waals surface area (Å²) in [6.45, 7) is 5.16. The topological polar surface area (TPSA) is 23.6 Å². The zero-order chi connectivity index (χ0) is 13.1. The van der Waals surface area contributed by atoms with Crippen LogP contribution in [0.15, 0.2) is 18.2 Å². The zero-order valence-electron chi connectivity index (χ0n) is 11.1. The van der Waals surface area contributed by atoms with Crippen molar-refractivity contribution in [3.63, 3.8) is 0 Å². The number of halogens is 4.